The molecule has 0 amide bonds. The maximum absolute atomic E-state index is 12.2. The molecule has 0 bridgehead atoms. The Kier molecular flexibility index (Phi) is 5.73. The highest BCUT2D eigenvalue weighted by Gasteiger charge is 2.16. The Balaban J connectivity index is 2.48. The maximum atomic E-state index is 12.2. The summed E-state index contributed by atoms with van der Waals surface area (Å²) in [5.74, 6) is -0.302. The molecule has 0 saturated carbocycles. The summed E-state index contributed by atoms with van der Waals surface area (Å²) in [7, 11) is 0. The first-order valence-corrected chi connectivity index (χ1v) is 6.27. The van der Waals surface area contributed by atoms with Crippen LogP contribution in [0, 0.1) is 0 Å². The molecule has 6 heteroatoms. The fourth-order valence-electron chi connectivity index (χ4n) is 1.50. The average Bonchev–Trinajstić information content (AvgIpc) is 2.28. The smallest absolute Gasteiger partial charge is 0.387 e. The van der Waals surface area contributed by atoms with Crippen LogP contribution in [0.25, 0.3) is 0 Å². The molecule has 1 N–H and O–H groups in total. The number of hydrogen-bond acceptors (Lipinski definition) is 4. The van der Waals surface area contributed by atoms with Gasteiger partial charge < -0.3 is 14.8 Å². The van der Waals surface area contributed by atoms with Crippen LogP contribution in [-0.2, 0) is 9.53 Å². The number of benzene rings is 1. The van der Waals surface area contributed by atoms with Gasteiger partial charge in [-0.3, -0.25) is 4.79 Å². The van der Waals surface area contributed by atoms with Crippen molar-refractivity contribution in [1.29, 1.82) is 0 Å². The van der Waals surface area contributed by atoms with Gasteiger partial charge in [-0.25, -0.2) is 0 Å². The fraction of sp³-hybridized carbons (Fsp3) is 0.500. The van der Waals surface area contributed by atoms with E-state index in [0.717, 1.165) is 0 Å². The number of esters is 1. The summed E-state index contributed by atoms with van der Waals surface area (Å²) in [6.07, 6.45) is 0.139. The van der Waals surface area contributed by atoms with Gasteiger partial charge in [0.25, 0.3) is 0 Å². The molecule has 1 aromatic rings. The van der Waals surface area contributed by atoms with E-state index in [-0.39, 0.29) is 24.7 Å². The number of nitrogens with one attached hydrogen (secondary N) is 1. The zero-order valence-electron chi connectivity index (χ0n) is 11.8. The van der Waals surface area contributed by atoms with Crippen LogP contribution in [0.1, 0.15) is 27.2 Å². The van der Waals surface area contributed by atoms with Gasteiger partial charge in [-0.15, -0.1) is 0 Å². The van der Waals surface area contributed by atoms with E-state index < -0.39 is 12.2 Å². The van der Waals surface area contributed by atoms with E-state index in [0.29, 0.717) is 5.69 Å². The normalized spacial score (nSPS) is 11.3. The Labute approximate surface area is 117 Å². The van der Waals surface area contributed by atoms with Gasteiger partial charge in [-0.1, -0.05) is 12.1 Å². The van der Waals surface area contributed by atoms with Crippen molar-refractivity contribution in [2.24, 2.45) is 0 Å². The summed E-state index contributed by atoms with van der Waals surface area (Å²) in [4.78, 5) is 11.5. The lowest BCUT2D eigenvalue weighted by molar-refractivity contribution is -0.154. The lowest BCUT2D eigenvalue weighted by Gasteiger charge is -2.19. The Morgan fingerprint density at radius 1 is 1.30 bits per heavy atom. The van der Waals surface area contributed by atoms with Gasteiger partial charge in [0, 0.05) is 6.54 Å². The van der Waals surface area contributed by atoms with E-state index in [2.05, 4.69) is 10.1 Å². The predicted octanol–water partition coefficient (Wildman–Crippen LogP) is 3.43. The largest absolute Gasteiger partial charge is 0.460 e. The first kappa shape index (κ1) is 16.2. The second kappa shape index (κ2) is 7.07. The summed E-state index contributed by atoms with van der Waals surface area (Å²) < 4.78 is 33.9. The molecule has 0 fully saturated rings. The van der Waals surface area contributed by atoms with Crippen molar-refractivity contribution in [3.63, 3.8) is 0 Å². The molecule has 4 nitrogen and oxygen atoms in total. The SMILES string of the molecule is CC(C)(C)OC(=O)CCNc1ccccc1OC(F)F. The lowest BCUT2D eigenvalue weighted by Crippen LogP contribution is -2.25. The van der Waals surface area contributed by atoms with E-state index in [1.54, 1.807) is 39.0 Å². The van der Waals surface area contributed by atoms with Crippen LogP contribution >= 0.6 is 0 Å². The molecule has 0 aromatic heterocycles. The predicted molar refractivity (Wildman–Crippen MR) is 72.0 cm³/mol. The highest BCUT2D eigenvalue weighted by molar-refractivity contribution is 5.70. The summed E-state index contributed by atoms with van der Waals surface area (Å²) in [6, 6.07) is 6.32. The van der Waals surface area contributed by atoms with Gasteiger partial charge >= 0.3 is 12.6 Å². The van der Waals surface area contributed by atoms with Gasteiger partial charge in [0.1, 0.15) is 11.4 Å². The zero-order chi connectivity index (χ0) is 15.2. The molecule has 20 heavy (non-hydrogen) atoms. The van der Waals surface area contributed by atoms with E-state index >= 15 is 0 Å². The third kappa shape index (κ3) is 6.36. The van der Waals surface area contributed by atoms with Crippen molar-refractivity contribution < 1.29 is 23.0 Å². The van der Waals surface area contributed by atoms with Crippen LogP contribution in [0.2, 0.25) is 0 Å². The van der Waals surface area contributed by atoms with Gasteiger partial charge in [-0.2, -0.15) is 8.78 Å². The maximum Gasteiger partial charge on any atom is 0.387 e. The number of carbonyl (C=O) groups is 1. The van der Waals surface area contributed by atoms with Gasteiger partial charge in [-0.05, 0) is 32.9 Å². The van der Waals surface area contributed by atoms with Crippen molar-refractivity contribution in [3.8, 4) is 5.75 Å². The standard InChI is InChI=1S/C14H19F2NO3/c1-14(2,3)20-12(18)8-9-17-10-6-4-5-7-11(10)19-13(15)16/h4-7,13,17H,8-9H2,1-3H3. The van der Waals surface area contributed by atoms with Crippen LogP contribution < -0.4 is 10.1 Å². The zero-order valence-corrected chi connectivity index (χ0v) is 11.8. The topological polar surface area (TPSA) is 47.6 Å². The summed E-state index contributed by atoms with van der Waals surface area (Å²) in [6.45, 7) is 2.74. The van der Waals surface area contributed by atoms with E-state index in [1.807, 2.05) is 0 Å². The lowest BCUT2D eigenvalue weighted by atomic mass is 10.2. The Morgan fingerprint density at radius 3 is 2.55 bits per heavy atom. The second-order valence-electron chi connectivity index (χ2n) is 5.14. The molecule has 0 saturated heterocycles. The number of anilines is 1. The van der Waals surface area contributed by atoms with Crippen LogP contribution in [0.4, 0.5) is 14.5 Å². The van der Waals surface area contributed by atoms with Crippen molar-refractivity contribution >= 4 is 11.7 Å². The number of rotatable bonds is 6. The van der Waals surface area contributed by atoms with Crippen LogP contribution in [-0.4, -0.2) is 24.7 Å². The third-order valence-corrected chi connectivity index (χ3v) is 2.17. The minimum Gasteiger partial charge on any atom is -0.460 e. The van der Waals surface area contributed by atoms with E-state index in [1.165, 1.54) is 6.07 Å². The molecule has 0 unspecified atom stereocenters. The molecule has 112 valence electrons. The van der Waals surface area contributed by atoms with Crippen molar-refractivity contribution in [2.75, 3.05) is 11.9 Å². The van der Waals surface area contributed by atoms with Crippen molar-refractivity contribution in [1.82, 2.24) is 0 Å². The molecular formula is C14H19F2NO3. The number of ether oxygens (including phenoxy) is 2. The van der Waals surface area contributed by atoms with Crippen LogP contribution in [0.5, 0.6) is 5.75 Å². The molecular weight excluding hydrogens is 268 g/mol. The number of carbonyl (C=O) groups excluding carboxylic acids is 1. The fourth-order valence-corrected chi connectivity index (χ4v) is 1.50. The number of hydrogen-bond donors (Lipinski definition) is 1. The summed E-state index contributed by atoms with van der Waals surface area (Å²) in [5.41, 5.74) is -0.121. The van der Waals surface area contributed by atoms with E-state index in [9.17, 15) is 13.6 Å². The molecule has 0 aliphatic heterocycles. The average molecular weight is 287 g/mol. The monoisotopic (exact) mass is 287 g/mol. The Morgan fingerprint density at radius 2 is 1.95 bits per heavy atom. The first-order valence-electron chi connectivity index (χ1n) is 6.27. The van der Waals surface area contributed by atoms with Crippen molar-refractivity contribution in [3.05, 3.63) is 24.3 Å². The minimum absolute atomic E-state index is 0.0479. The van der Waals surface area contributed by atoms with Crippen LogP contribution in [0.15, 0.2) is 24.3 Å². The van der Waals surface area contributed by atoms with Gasteiger partial charge in [0.15, 0.2) is 0 Å². The quantitative estimate of drug-likeness (QED) is 0.814. The van der Waals surface area contributed by atoms with Gasteiger partial charge in [0.05, 0.1) is 12.1 Å². The Hall–Kier alpha value is -1.85. The number of halogens is 2. The highest BCUT2D eigenvalue weighted by atomic mass is 19.3. The number of alkyl halides is 2. The van der Waals surface area contributed by atoms with Crippen molar-refractivity contribution in [2.45, 2.75) is 39.4 Å². The second-order valence-corrected chi connectivity index (χ2v) is 5.14. The molecule has 0 heterocycles. The minimum atomic E-state index is -2.89. The van der Waals surface area contributed by atoms with Gasteiger partial charge in [0.2, 0.25) is 0 Å². The molecule has 0 aliphatic carbocycles. The molecule has 0 atom stereocenters. The number of para-hydroxylation sites is 2. The Bertz CT molecular complexity index is 444. The van der Waals surface area contributed by atoms with E-state index in [4.69, 9.17) is 4.74 Å². The third-order valence-electron chi connectivity index (χ3n) is 2.17. The molecule has 0 spiro atoms. The molecule has 1 rings (SSSR count). The summed E-state index contributed by atoms with van der Waals surface area (Å²) in [5, 5.41) is 2.88. The molecule has 0 aliphatic rings. The molecule has 0 radical (unpaired) electrons. The highest BCUT2D eigenvalue weighted by Crippen LogP contribution is 2.25. The molecule has 1 aromatic carbocycles. The summed E-state index contributed by atoms with van der Waals surface area (Å²) >= 11 is 0. The van der Waals surface area contributed by atoms with Crippen LogP contribution in [0.3, 0.4) is 0 Å². The first-order chi connectivity index (χ1) is 9.28.